The van der Waals surface area contributed by atoms with Crippen molar-refractivity contribution >= 4 is 16.0 Å². The summed E-state index contributed by atoms with van der Waals surface area (Å²) in [7, 11) is -2.05. The van der Waals surface area contributed by atoms with Gasteiger partial charge in [0.25, 0.3) is 0 Å². The summed E-state index contributed by atoms with van der Waals surface area (Å²) in [5.41, 5.74) is 0. The maximum atomic E-state index is 12.1. The SMILES string of the molecule is CC[C@@H](C)N(CC(=O)OC)S(=O)(=O)C1CC1. The minimum absolute atomic E-state index is 0.162. The number of nitrogens with zero attached hydrogens (tertiary/aromatic N) is 1. The summed E-state index contributed by atoms with van der Waals surface area (Å²) < 4.78 is 29.9. The normalized spacial score (nSPS) is 18.5. The highest BCUT2D eigenvalue weighted by Gasteiger charge is 2.42. The van der Waals surface area contributed by atoms with Crippen LogP contribution in [0.2, 0.25) is 0 Å². The second-order valence-corrected chi connectivity index (χ2v) is 6.29. The molecule has 0 aliphatic heterocycles. The molecule has 0 bridgehead atoms. The van der Waals surface area contributed by atoms with Crippen LogP contribution in [0.25, 0.3) is 0 Å². The van der Waals surface area contributed by atoms with E-state index in [-0.39, 0.29) is 17.8 Å². The summed E-state index contributed by atoms with van der Waals surface area (Å²) >= 11 is 0. The average molecular weight is 249 g/mol. The van der Waals surface area contributed by atoms with Gasteiger partial charge in [0.05, 0.1) is 12.4 Å². The van der Waals surface area contributed by atoms with Crippen LogP contribution in [-0.4, -0.2) is 43.6 Å². The van der Waals surface area contributed by atoms with Crippen molar-refractivity contribution in [2.24, 2.45) is 0 Å². The van der Waals surface area contributed by atoms with Gasteiger partial charge in [-0.1, -0.05) is 6.92 Å². The number of methoxy groups -OCH3 is 1. The number of sulfonamides is 1. The largest absolute Gasteiger partial charge is 0.468 e. The molecule has 0 aromatic carbocycles. The van der Waals surface area contributed by atoms with Crippen LogP contribution in [0.3, 0.4) is 0 Å². The number of carbonyl (C=O) groups excluding carboxylic acids is 1. The van der Waals surface area contributed by atoms with E-state index in [1.54, 1.807) is 0 Å². The third kappa shape index (κ3) is 2.95. The zero-order chi connectivity index (χ0) is 12.3. The molecule has 6 heteroatoms. The molecule has 16 heavy (non-hydrogen) atoms. The van der Waals surface area contributed by atoms with Crippen LogP contribution in [0, 0.1) is 0 Å². The lowest BCUT2D eigenvalue weighted by Gasteiger charge is -2.26. The van der Waals surface area contributed by atoms with Crippen LogP contribution in [0.4, 0.5) is 0 Å². The van der Waals surface area contributed by atoms with Crippen molar-refractivity contribution in [2.45, 2.75) is 44.4 Å². The van der Waals surface area contributed by atoms with E-state index in [1.807, 2.05) is 13.8 Å². The van der Waals surface area contributed by atoms with Gasteiger partial charge in [0.15, 0.2) is 0 Å². The summed E-state index contributed by atoms with van der Waals surface area (Å²) in [6.45, 7) is 3.53. The first-order chi connectivity index (χ1) is 7.43. The molecule has 0 radical (unpaired) electrons. The van der Waals surface area contributed by atoms with Gasteiger partial charge in [0.2, 0.25) is 10.0 Å². The number of hydrogen-bond acceptors (Lipinski definition) is 4. The smallest absolute Gasteiger partial charge is 0.321 e. The molecule has 0 unspecified atom stereocenters. The first-order valence-electron chi connectivity index (χ1n) is 5.51. The van der Waals surface area contributed by atoms with Gasteiger partial charge < -0.3 is 4.74 Å². The zero-order valence-electron chi connectivity index (χ0n) is 9.97. The van der Waals surface area contributed by atoms with Gasteiger partial charge in [-0.05, 0) is 26.2 Å². The van der Waals surface area contributed by atoms with E-state index >= 15 is 0 Å². The number of carbonyl (C=O) groups is 1. The molecule has 0 heterocycles. The van der Waals surface area contributed by atoms with E-state index in [1.165, 1.54) is 11.4 Å². The highest BCUT2D eigenvalue weighted by Crippen LogP contribution is 2.32. The molecule has 0 N–H and O–H groups in total. The third-order valence-corrected chi connectivity index (χ3v) is 5.32. The van der Waals surface area contributed by atoms with Crippen LogP contribution >= 0.6 is 0 Å². The van der Waals surface area contributed by atoms with Gasteiger partial charge in [-0.3, -0.25) is 4.79 Å². The zero-order valence-corrected chi connectivity index (χ0v) is 10.8. The molecule has 0 aromatic rings. The van der Waals surface area contributed by atoms with E-state index in [9.17, 15) is 13.2 Å². The van der Waals surface area contributed by atoms with Crippen molar-refractivity contribution in [2.75, 3.05) is 13.7 Å². The minimum Gasteiger partial charge on any atom is -0.468 e. The summed E-state index contributed by atoms with van der Waals surface area (Å²) in [5.74, 6) is -0.510. The molecule has 1 saturated carbocycles. The van der Waals surface area contributed by atoms with Crippen molar-refractivity contribution in [3.8, 4) is 0 Å². The summed E-state index contributed by atoms with van der Waals surface area (Å²) in [6, 6.07) is -0.162. The molecule has 5 nitrogen and oxygen atoms in total. The van der Waals surface area contributed by atoms with E-state index in [2.05, 4.69) is 4.74 Å². The van der Waals surface area contributed by atoms with Gasteiger partial charge in [-0.15, -0.1) is 0 Å². The Kier molecular flexibility index (Phi) is 4.32. The molecule has 1 atom stereocenters. The number of hydrogen-bond donors (Lipinski definition) is 0. The fraction of sp³-hybridized carbons (Fsp3) is 0.900. The van der Waals surface area contributed by atoms with Crippen molar-refractivity contribution in [1.29, 1.82) is 0 Å². The second-order valence-electron chi connectivity index (χ2n) is 4.12. The van der Waals surface area contributed by atoms with Gasteiger partial charge in [0.1, 0.15) is 6.54 Å². The Morgan fingerprint density at radius 3 is 2.44 bits per heavy atom. The molecule has 94 valence electrons. The Morgan fingerprint density at radius 2 is 2.06 bits per heavy atom. The maximum absolute atomic E-state index is 12.1. The lowest BCUT2D eigenvalue weighted by Crippen LogP contribution is -2.43. The molecule has 1 aliphatic carbocycles. The van der Waals surface area contributed by atoms with E-state index in [4.69, 9.17) is 0 Å². The number of esters is 1. The fourth-order valence-corrected chi connectivity index (χ4v) is 3.50. The molecule has 0 amide bonds. The Morgan fingerprint density at radius 1 is 1.50 bits per heavy atom. The summed E-state index contributed by atoms with van der Waals surface area (Å²) in [6.07, 6.45) is 2.09. The topological polar surface area (TPSA) is 63.7 Å². The van der Waals surface area contributed by atoms with Crippen molar-refractivity contribution in [1.82, 2.24) is 4.31 Å². The molecular weight excluding hydrogens is 230 g/mol. The van der Waals surface area contributed by atoms with Crippen molar-refractivity contribution < 1.29 is 17.9 Å². The van der Waals surface area contributed by atoms with Crippen LogP contribution < -0.4 is 0 Å². The molecule has 0 saturated heterocycles. The number of ether oxygens (including phenoxy) is 1. The third-order valence-electron chi connectivity index (χ3n) is 2.87. The van der Waals surface area contributed by atoms with E-state index < -0.39 is 16.0 Å². The predicted octanol–water partition coefficient (Wildman–Crippen LogP) is 0.752. The Bertz CT molecular complexity index is 348. The lowest BCUT2D eigenvalue weighted by molar-refractivity contribution is -0.141. The van der Waals surface area contributed by atoms with Crippen LogP contribution in [0.5, 0.6) is 0 Å². The lowest BCUT2D eigenvalue weighted by atomic mass is 10.2. The Labute approximate surface area is 96.8 Å². The second kappa shape index (κ2) is 5.14. The standard InChI is InChI=1S/C10H19NO4S/c1-4-8(2)11(7-10(12)15-3)16(13,14)9-5-6-9/h8-9H,4-7H2,1-3H3/t8-/m1/s1. The molecule has 1 aliphatic rings. The molecular formula is C10H19NO4S. The number of rotatable bonds is 6. The van der Waals surface area contributed by atoms with E-state index in [0.29, 0.717) is 19.3 Å². The first-order valence-corrected chi connectivity index (χ1v) is 7.01. The highest BCUT2D eigenvalue weighted by atomic mass is 32.2. The fourth-order valence-electron chi connectivity index (χ4n) is 1.45. The molecule has 1 rings (SSSR count). The van der Waals surface area contributed by atoms with Crippen LogP contribution in [-0.2, 0) is 19.6 Å². The van der Waals surface area contributed by atoms with Crippen molar-refractivity contribution in [3.63, 3.8) is 0 Å². The minimum atomic E-state index is -3.31. The molecule has 0 spiro atoms. The van der Waals surface area contributed by atoms with Crippen LogP contribution in [0.15, 0.2) is 0 Å². The average Bonchev–Trinajstić information content (AvgIpc) is 3.07. The molecule has 1 fully saturated rings. The Hall–Kier alpha value is -0.620. The Balaban J connectivity index is 2.82. The van der Waals surface area contributed by atoms with Crippen molar-refractivity contribution in [3.05, 3.63) is 0 Å². The van der Waals surface area contributed by atoms with E-state index in [0.717, 1.165) is 0 Å². The maximum Gasteiger partial charge on any atom is 0.321 e. The first kappa shape index (κ1) is 13.4. The predicted molar refractivity (Wildman–Crippen MR) is 60.4 cm³/mol. The van der Waals surface area contributed by atoms with Crippen LogP contribution in [0.1, 0.15) is 33.1 Å². The van der Waals surface area contributed by atoms with Gasteiger partial charge in [-0.25, -0.2) is 8.42 Å². The van der Waals surface area contributed by atoms with Gasteiger partial charge in [0, 0.05) is 6.04 Å². The summed E-state index contributed by atoms with van der Waals surface area (Å²) in [5, 5.41) is -0.286. The summed E-state index contributed by atoms with van der Waals surface area (Å²) in [4.78, 5) is 11.2. The van der Waals surface area contributed by atoms with Gasteiger partial charge in [-0.2, -0.15) is 4.31 Å². The quantitative estimate of drug-likeness (QED) is 0.652. The highest BCUT2D eigenvalue weighted by molar-refractivity contribution is 7.90. The van der Waals surface area contributed by atoms with Gasteiger partial charge >= 0.3 is 5.97 Å². The monoisotopic (exact) mass is 249 g/mol. The molecule has 0 aromatic heterocycles.